The van der Waals surface area contributed by atoms with Gasteiger partial charge in [-0.25, -0.2) is 0 Å². The number of aliphatic hydroxyl groups is 1. The van der Waals surface area contributed by atoms with Crippen molar-refractivity contribution in [3.8, 4) is 0 Å². The topological polar surface area (TPSA) is 50.9 Å². The summed E-state index contributed by atoms with van der Waals surface area (Å²) in [6.07, 6.45) is 3.39. The van der Waals surface area contributed by atoms with Crippen molar-refractivity contribution < 1.29 is 5.11 Å². The molecule has 0 spiro atoms. The Hall–Kier alpha value is -1.20. The highest BCUT2D eigenvalue weighted by molar-refractivity contribution is 9.10. The van der Waals surface area contributed by atoms with Crippen LogP contribution in [0, 0.1) is 0 Å². The van der Waals surface area contributed by atoms with Crippen molar-refractivity contribution in [2.45, 2.75) is 52.7 Å². The van der Waals surface area contributed by atoms with Crippen molar-refractivity contribution in [1.82, 2.24) is 14.8 Å². The zero-order valence-corrected chi connectivity index (χ0v) is 14.4. The van der Waals surface area contributed by atoms with Gasteiger partial charge in [-0.1, -0.05) is 19.9 Å². The Balaban J connectivity index is 2.31. The molecule has 21 heavy (non-hydrogen) atoms. The minimum Gasteiger partial charge on any atom is -0.386 e. The molecule has 2 aromatic rings. The first-order chi connectivity index (χ1) is 10.1. The van der Waals surface area contributed by atoms with Crippen molar-refractivity contribution in [3.05, 3.63) is 45.4 Å². The summed E-state index contributed by atoms with van der Waals surface area (Å²) in [7, 11) is 0. The first kappa shape index (κ1) is 16.2. The third-order valence-corrected chi connectivity index (χ3v) is 4.62. The molecule has 2 aromatic heterocycles. The normalized spacial score (nSPS) is 12.6. The van der Waals surface area contributed by atoms with Gasteiger partial charge in [0.1, 0.15) is 6.10 Å². The second kappa shape index (κ2) is 7.18. The molecule has 2 heterocycles. The molecule has 5 heteroatoms. The van der Waals surface area contributed by atoms with Crippen LogP contribution < -0.4 is 0 Å². The van der Waals surface area contributed by atoms with E-state index in [0.717, 1.165) is 46.5 Å². The molecular formula is C16H22BrN3O. The average molecular weight is 352 g/mol. The van der Waals surface area contributed by atoms with Gasteiger partial charge < -0.3 is 5.11 Å². The van der Waals surface area contributed by atoms with Crippen LogP contribution in [0.5, 0.6) is 0 Å². The van der Waals surface area contributed by atoms with E-state index in [-0.39, 0.29) is 0 Å². The molecular weight excluding hydrogens is 330 g/mol. The first-order valence-electron chi connectivity index (χ1n) is 7.48. The monoisotopic (exact) mass is 351 g/mol. The molecule has 0 aliphatic carbocycles. The Kier molecular flexibility index (Phi) is 5.53. The molecule has 0 bridgehead atoms. The van der Waals surface area contributed by atoms with Gasteiger partial charge in [0.15, 0.2) is 0 Å². The fourth-order valence-corrected chi connectivity index (χ4v) is 3.27. The predicted molar refractivity (Wildman–Crippen MR) is 87.3 cm³/mol. The number of pyridine rings is 1. The maximum absolute atomic E-state index is 10.6. The van der Waals surface area contributed by atoms with E-state index in [1.165, 1.54) is 0 Å². The van der Waals surface area contributed by atoms with Crippen LogP contribution in [0.3, 0.4) is 0 Å². The summed E-state index contributed by atoms with van der Waals surface area (Å²) < 4.78 is 2.97. The Morgan fingerprint density at radius 3 is 2.67 bits per heavy atom. The molecule has 0 aromatic carbocycles. The molecule has 1 unspecified atom stereocenters. The van der Waals surface area contributed by atoms with Crippen LogP contribution in [-0.4, -0.2) is 19.9 Å². The van der Waals surface area contributed by atoms with Gasteiger partial charge in [-0.2, -0.15) is 5.10 Å². The number of aliphatic hydroxyl groups excluding tert-OH is 1. The van der Waals surface area contributed by atoms with Crippen LogP contribution >= 0.6 is 15.9 Å². The molecule has 2 rings (SSSR count). The van der Waals surface area contributed by atoms with E-state index in [2.05, 4.69) is 46.8 Å². The van der Waals surface area contributed by atoms with Crippen LogP contribution in [-0.2, 0) is 25.8 Å². The highest BCUT2D eigenvalue weighted by Crippen LogP contribution is 2.27. The van der Waals surface area contributed by atoms with Crippen LogP contribution in [0.2, 0.25) is 0 Å². The van der Waals surface area contributed by atoms with Gasteiger partial charge in [0.25, 0.3) is 0 Å². The number of nitrogens with zero attached hydrogens (tertiary/aromatic N) is 3. The number of aryl methyl sites for hydroxylation is 3. The van der Waals surface area contributed by atoms with Crippen LogP contribution in [0.15, 0.2) is 22.8 Å². The van der Waals surface area contributed by atoms with Crippen molar-refractivity contribution >= 4 is 15.9 Å². The highest BCUT2D eigenvalue weighted by Gasteiger charge is 2.20. The molecule has 0 aliphatic heterocycles. The van der Waals surface area contributed by atoms with Gasteiger partial charge >= 0.3 is 0 Å². The number of halogens is 1. The minimum atomic E-state index is -0.607. The van der Waals surface area contributed by atoms with Gasteiger partial charge in [-0.15, -0.1) is 0 Å². The average Bonchev–Trinajstić information content (AvgIpc) is 2.83. The van der Waals surface area contributed by atoms with Crippen molar-refractivity contribution in [2.24, 2.45) is 0 Å². The zero-order valence-electron chi connectivity index (χ0n) is 12.8. The highest BCUT2D eigenvalue weighted by atomic mass is 79.9. The summed E-state index contributed by atoms with van der Waals surface area (Å²) in [6, 6.07) is 3.94. The standard InChI is InChI=1S/C16H22BrN3O/c1-4-11-8-7-9-18-16(11)14(21)10-13-15(17)12(5-2)19-20(13)6-3/h7-9,14,21H,4-6,10H2,1-3H3. The Morgan fingerprint density at radius 1 is 1.29 bits per heavy atom. The van der Waals surface area contributed by atoms with E-state index in [9.17, 15) is 5.11 Å². The van der Waals surface area contributed by atoms with Gasteiger partial charge in [0, 0.05) is 19.2 Å². The lowest BCUT2D eigenvalue weighted by Gasteiger charge is -2.14. The number of hydrogen-bond donors (Lipinski definition) is 1. The fourth-order valence-electron chi connectivity index (χ4n) is 2.54. The second-order valence-electron chi connectivity index (χ2n) is 5.00. The fraction of sp³-hybridized carbons (Fsp3) is 0.500. The van der Waals surface area contributed by atoms with Gasteiger partial charge in [0.05, 0.1) is 21.6 Å². The quantitative estimate of drug-likeness (QED) is 0.866. The molecule has 0 fully saturated rings. The Morgan fingerprint density at radius 2 is 2.05 bits per heavy atom. The molecule has 114 valence electrons. The van der Waals surface area contributed by atoms with Gasteiger partial charge in [-0.05, 0) is 47.3 Å². The van der Waals surface area contributed by atoms with Gasteiger partial charge in [-0.3, -0.25) is 9.67 Å². The molecule has 0 radical (unpaired) electrons. The SMILES string of the molecule is CCc1cccnc1C(O)Cc1c(Br)c(CC)nn1CC. The van der Waals surface area contributed by atoms with E-state index in [4.69, 9.17) is 0 Å². The lowest BCUT2D eigenvalue weighted by molar-refractivity contribution is 0.169. The largest absolute Gasteiger partial charge is 0.386 e. The molecule has 0 saturated carbocycles. The number of rotatable bonds is 6. The van der Waals surface area contributed by atoms with Crippen LogP contribution in [0.1, 0.15) is 49.5 Å². The van der Waals surface area contributed by atoms with Gasteiger partial charge in [0.2, 0.25) is 0 Å². The maximum Gasteiger partial charge on any atom is 0.102 e. The summed E-state index contributed by atoms with van der Waals surface area (Å²) >= 11 is 3.62. The number of hydrogen-bond acceptors (Lipinski definition) is 3. The maximum atomic E-state index is 10.6. The predicted octanol–water partition coefficient (Wildman–Crippen LogP) is 3.46. The summed E-state index contributed by atoms with van der Waals surface area (Å²) in [5.74, 6) is 0. The Labute approximate surface area is 134 Å². The molecule has 0 aliphatic rings. The molecule has 0 amide bonds. The molecule has 4 nitrogen and oxygen atoms in total. The molecule has 0 saturated heterocycles. The van der Waals surface area contributed by atoms with E-state index in [1.807, 2.05) is 16.8 Å². The molecule has 1 atom stereocenters. The summed E-state index contributed by atoms with van der Waals surface area (Å²) in [6.45, 7) is 7.02. The smallest absolute Gasteiger partial charge is 0.102 e. The first-order valence-corrected chi connectivity index (χ1v) is 8.27. The van der Waals surface area contributed by atoms with Crippen molar-refractivity contribution in [3.63, 3.8) is 0 Å². The van der Waals surface area contributed by atoms with E-state index >= 15 is 0 Å². The lowest BCUT2D eigenvalue weighted by Crippen LogP contribution is -2.11. The second-order valence-corrected chi connectivity index (χ2v) is 5.79. The van der Waals surface area contributed by atoms with Crippen LogP contribution in [0.25, 0.3) is 0 Å². The molecule has 1 N–H and O–H groups in total. The van der Waals surface area contributed by atoms with E-state index in [1.54, 1.807) is 6.20 Å². The summed E-state index contributed by atoms with van der Waals surface area (Å²) in [5.41, 5.74) is 3.94. The third-order valence-electron chi connectivity index (χ3n) is 3.70. The van der Waals surface area contributed by atoms with Crippen molar-refractivity contribution in [1.29, 1.82) is 0 Å². The lowest BCUT2D eigenvalue weighted by atomic mass is 10.0. The Bertz CT molecular complexity index is 610. The summed E-state index contributed by atoms with van der Waals surface area (Å²) in [5, 5.41) is 15.2. The minimum absolute atomic E-state index is 0.519. The third kappa shape index (κ3) is 3.35. The van der Waals surface area contributed by atoms with Crippen molar-refractivity contribution in [2.75, 3.05) is 0 Å². The number of aromatic nitrogens is 3. The summed E-state index contributed by atoms with van der Waals surface area (Å²) in [4.78, 5) is 4.36. The van der Waals surface area contributed by atoms with E-state index < -0.39 is 6.10 Å². The van der Waals surface area contributed by atoms with E-state index in [0.29, 0.717) is 6.42 Å². The van der Waals surface area contributed by atoms with Crippen LogP contribution in [0.4, 0.5) is 0 Å². The zero-order chi connectivity index (χ0) is 15.4.